The quantitative estimate of drug-likeness (QED) is 0.889. The van der Waals surface area contributed by atoms with Crippen molar-refractivity contribution in [2.24, 2.45) is 0 Å². The topological polar surface area (TPSA) is 24.5 Å². The van der Waals surface area contributed by atoms with E-state index in [4.69, 9.17) is 4.74 Å². The summed E-state index contributed by atoms with van der Waals surface area (Å²) in [4.78, 5) is 2.56. The third-order valence-electron chi connectivity index (χ3n) is 4.60. The van der Waals surface area contributed by atoms with E-state index in [1.165, 1.54) is 23.2 Å². The van der Waals surface area contributed by atoms with Gasteiger partial charge in [-0.2, -0.15) is 0 Å². The number of hydrogen-bond donors (Lipinski definition) is 1. The SMILES string of the molecule is CCCN1c2cc(OC)c(CNC)cc2[C@@H](C)CC1(C)C. The zero-order chi connectivity index (χ0) is 15.6. The summed E-state index contributed by atoms with van der Waals surface area (Å²) in [6.07, 6.45) is 2.36. The molecule has 0 radical (unpaired) electrons. The minimum Gasteiger partial charge on any atom is -0.496 e. The molecule has 118 valence electrons. The Labute approximate surface area is 129 Å². The van der Waals surface area contributed by atoms with Gasteiger partial charge in [0.2, 0.25) is 0 Å². The molecule has 1 aliphatic rings. The van der Waals surface area contributed by atoms with Crippen molar-refractivity contribution in [3.05, 3.63) is 23.3 Å². The average Bonchev–Trinajstić information content (AvgIpc) is 2.43. The van der Waals surface area contributed by atoms with E-state index < -0.39 is 0 Å². The molecule has 0 fully saturated rings. The summed E-state index contributed by atoms with van der Waals surface area (Å²) in [6.45, 7) is 11.3. The van der Waals surface area contributed by atoms with Crippen molar-refractivity contribution < 1.29 is 4.74 Å². The van der Waals surface area contributed by atoms with Crippen molar-refractivity contribution in [1.82, 2.24) is 5.32 Å². The van der Waals surface area contributed by atoms with E-state index in [0.717, 1.165) is 25.3 Å². The van der Waals surface area contributed by atoms with E-state index in [2.05, 4.69) is 50.0 Å². The lowest BCUT2D eigenvalue weighted by Crippen LogP contribution is -2.48. The molecule has 3 heteroatoms. The van der Waals surface area contributed by atoms with Crippen LogP contribution in [0, 0.1) is 0 Å². The minimum absolute atomic E-state index is 0.206. The van der Waals surface area contributed by atoms with Crippen LogP contribution in [0.25, 0.3) is 0 Å². The standard InChI is InChI=1S/C18H30N2O/c1-7-8-20-16-10-17(21-6)14(12-19-5)9-15(16)13(2)11-18(20,3)4/h9-10,13,19H,7-8,11-12H2,1-6H3/t13-/m0/s1. The van der Waals surface area contributed by atoms with Gasteiger partial charge in [0.15, 0.2) is 0 Å². The molecule has 0 aliphatic carbocycles. The van der Waals surface area contributed by atoms with Crippen molar-refractivity contribution in [3.8, 4) is 5.75 Å². The molecule has 1 aromatic carbocycles. The van der Waals surface area contributed by atoms with Crippen LogP contribution in [0.4, 0.5) is 5.69 Å². The van der Waals surface area contributed by atoms with Gasteiger partial charge in [-0.15, -0.1) is 0 Å². The van der Waals surface area contributed by atoms with Gasteiger partial charge in [0.05, 0.1) is 7.11 Å². The summed E-state index contributed by atoms with van der Waals surface area (Å²) in [5, 5.41) is 3.24. The second-order valence-electron chi connectivity index (χ2n) is 6.82. The van der Waals surface area contributed by atoms with Crippen molar-refractivity contribution in [2.75, 3.05) is 25.6 Å². The van der Waals surface area contributed by atoms with E-state index >= 15 is 0 Å². The molecule has 1 heterocycles. The van der Waals surface area contributed by atoms with Gasteiger partial charge in [0, 0.05) is 35.9 Å². The third kappa shape index (κ3) is 3.03. The van der Waals surface area contributed by atoms with Crippen LogP contribution in [0.1, 0.15) is 57.6 Å². The maximum atomic E-state index is 5.63. The normalized spacial score (nSPS) is 20.3. The average molecular weight is 290 g/mol. The highest BCUT2D eigenvalue weighted by Crippen LogP contribution is 2.45. The summed E-state index contributed by atoms with van der Waals surface area (Å²) in [5.41, 5.74) is 4.28. The zero-order valence-electron chi connectivity index (χ0n) is 14.4. The first-order chi connectivity index (χ1) is 9.94. The summed E-state index contributed by atoms with van der Waals surface area (Å²) in [5.74, 6) is 1.58. The van der Waals surface area contributed by atoms with Crippen LogP contribution in [0.3, 0.4) is 0 Å². The molecule has 3 nitrogen and oxygen atoms in total. The number of ether oxygens (including phenoxy) is 1. The van der Waals surface area contributed by atoms with Crippen molar-refractivity contribution in [1.29, 1.82) is 0 Å². The number of nitrogens with one attached hydrogen (secondary N) is 1. The molecule has 0 bridgehead atoms. The number of benzene rings is 1. The predicted molar refractivity (Wildman–Crippen MR) is 90.5 cm³/mol. The van der Waals surface area contributed by atoms with E-state index in [9.17, 15) is 0 Å². The maximum Gasteiger partial charge on any atom is 0.125 e. The lowest BCUT2D eigenvalue weighted by Gasteiger charge is -2.48. The molecule has 0 amide bonds. The van der Waals surface area contributed by atoms with Crippen molar-refractivity contribution in [2.45, 2.75) is 58.5 Å². The van der Waals surface area contributed by atoms with E-state index in [0.29, 0.717) is 5.92 Å². The van der Waals surface area contributed by atoms with Crippen molar-refractivity contribution >= 4 is 5.69 Å². The molecule has 1 aliphatic heterocycles. The Bertz CT molecular complexity index is 496. The second-order valence-corrected chi connectivity index (χ2v) is 6.82. The van der Waals surface area contributed by atoms with Gasteiger partial charge in [0.1, 0.15) is 5.75 Å². The van der Waals surface area contributed by atoms with Gasteiger partial charge >= 0.3 is 0 Å². The van der Waals surface area contributed by atoms with Gasteiger partial charge < -0.3 is 15.0 Å². The van der Waals surface area contributed by atoms with E-state index in [1.54, 1.807) is 7.11 Å². The highest BCUT2D eigenvalue weighted by atomic mass is 16.5. The lowest BCUT2D eigenvalue weighted by molar-refractivity contribution is 0.371. The Morgan fingerprint density at radius 2 is 2.10 bits per heavy atom. The van der Waals surface area contributed by atoms with Crippen LogP contribution in [0.15, 0.2) is 12.1 Å². The largest absolute Gasteiger partial charge is 0.496 e. The van der Waals surface area contributed by atoms with Gasteiger partial charge in [-0.25, -0.2) is 0 Å². The van der Waals surface area contributed by atoms with Crippen LogP contribution < -0.4 is 15.0 Å². The Kier molecular flexibility index (Phi) is 4.82. The maximum absolute atomic E-state index is 5.63. The van der Waals surface area contributed by atoms with Crippen LogP contribution in [0.2, 0.25) is 0 Å². The third-order valence-corrected chi connectivity index (χ3v) is 4.60. The van der Waals surface area contributed by atoms with Crippen LogP contribution in [0.5, 0.6) is 5.75 Å². The summed E-state index contributed by atoms with van der Waals surface area (Å²) >= 11 is 0. The molecule has 21 heavy (non-hydrogen) atoms. The fourth-order valence-electron chi connectivity index (χ4n) is 3.72. The molecule has 2 rings (SSSR count). The molecule has 0 aromatic heterocycles. The fraction of sp³-hybridized carbons (Fsp3) is 0.667. The number of nitrogens with zero attached hydrogens (tertiary/aromatic N) is 1. The second kappa shape index (κ2) is 6.27. The molecular formula is C18H30N2O. The molecule has 0 saturated heterocycles. The highest BCUT2D eigenvalue weighted by Gasteiger charge is 2.36. The van der Waals surface area contributed by atoms with Gasteiger partial charge in [-0.05, 0) is 51.3 Å². The van der Waals surface area contributed by atoms with Gasteiger partial charge in [-0.1, -0.05) is 13.8 Å². The molecule has 1 aromatic rings. The summed E-state index contributed by atoms with van der Waals surface area (Å²) in [7, 11) is 3.75. The first-order valence-electron chi connectivity index (χ1n) is 8.07. The van der Waals surface area contributed by atoms with E-state index in [-0.39, 0.29) is 5.54 Å². The van der Waals surface area contributed by atoms with Crippen LogP contribution in [-0.4, -0.2) is 26.2 Å². The highest BCUT2D eigenvalue weighted by molar-refractivity contribution is 5.64. The first-order valence-corrected chi connectivity index (χ1v) is 8.07. The zero-order valence-corrected chi connectivity index (χ0v) is 14.4. The molecular weight excluding hydrogens is 260 g/mol. The van der Waals surface area contributed by atoms with Crippen molar-refractivity contribution in [3.63, 3.8) is 0 Å². The molecule has 1 atom stereocenters. The number of methoxy groups -OCH3 is 1. The number of rotatable bonds is 5. The molecule has 0 saturated carbocycles. The van der Waals surface area contributed by atoms with Gasteiger partial charge in [-0.3, -0.25) is 0 Å². The summed E-state index contributed by atoms with van der Waals surface area (Å²) < 4.78 is 5.63. The fourth-order valence-corrected chi connectivity index (χ4v) is 3.72. The Morgan fingerprint density at radius 3 is 2.67 bits per heavy atom. The number of anilines is 1. The Morgan fingerprint density at radius 1 is 1.38 bits per heavy atom. The van der Waals surface area contributed by atoms with Crippen LogP contribution in [-0.2, 0) is 6.54 Å². The van der Waals surface area contributed by atoms with Gasteiger partial charge in [0.25, 0.3) is 0 Å². The Hall–Kier alpha value is -1.22. The van der Waals surface area contributed by atoms with Crippen LogP contribution >= 0.6 is 0 Å². The Balaban J connectivity index is 2.55. The molecule has 0 unspecified atom stereocenters. The number of hydrogen-bond acceptors (Lipinski definition) is 3. The first kappa shape index (κ1) is 16.2. The smallest absolute Gasteiger partial charge is 0.125 e. The predicted octanol–water partition coefficient (Wildman–Crippen LogP) is 3.92. The molecule has 1 N–H and O–H groups in total. The minimum atomic E-state index is 0.206. The molecule has 0 spiro atoms. The monoisotopic (exact) mass is 290 g/mol. The lowest BCUT2D eigenvalue weighted by atomic mass is 9.79. The summed E-state index contributed by atoms with van der Waals surface area (Å²) in [6, 6.07) is 4.59. The van der Waals surface area contributed by atoms with E-state index in [1.807, 2.05) is 7.05 Å². The number of fused-ring (bicyclic) bond motifs is 1.